The van der Waals surface area contributed by atoms with Gasteiger partial charge in [-0.3, -0.25) is 0 Å². The Bertz CT molecular complexity index is 509. The molecule has 4 nitrogen and oxygen atoms in total. The molecule has 0 bridgehead atoms. The van der Waals surface area contributed by atoms with Gasteiger partial charge < -0.3 is 10.6 Å². The molecular formula is C12H15BrN4S. The van der Waals surface area contributed by atoms with Crippen LogP contribution < -0.4 is 10.6 Å². The van der Waals surface area contributed by atoms with Gasteiger partial charge >= 0.3 is 0 Å². The number of rotatable bonds is 4. The lowest BCUT2D eigenvalue weighted by molar-refractivity contribution is 0.704. The van der Waals surface area contributed by atoms with E-state index in [0.717, 1.165) is 21.5 Å². The zero-order valence-electron chi connectivity index (χ0n) is 10.3. The molecule has 0 aliphatic heterocycles. The third kappa shape index (κ3) is 3.28. The van der Waals surface area contributed by atoms with Gasteiger partial charge in [0.1, 0.15) is 0 Å². The SMILES string of the molecule is CC(N)CN(C)c1ncc(-c2cc(Br)cs2)cn1. The predicted octanol–water partition coefficient (Wildman–Crippen LogP) is 2.75. The molecule has 0 saturated heterocycles. The van der Waals surface area contributed by atoms with Gasteiger partial charge in [-0.15, -0.1) is 11.3 Å². The van der Waals surface area contributed by atoms with Crippen molar-refractivity contribution < 1.29 is 0 Å². The normalized spacial score (nSPS) is 12.4. The standard InChI is InChI=1S/C12H15BrN4S/c1-8(14)6-17(2)12-15-4-9(5-16-12)11-3-10(13)7-18-11/h3-5,7-8H,6,14H2,1-2H3. The molecule has 6 heteroatoms. The van der Waals surface area contributed by atoms with Crippen LogP contribution in [0.1, 0.15) is 6.92 Å². The van der Waals surface area contributed by atoms with Crippen LogP contribution in [0.15, 0.2) is 28.3 Å². The molecule has 96 valence electrons. The number of hydrogen-bond acceptors (Lipinski definition) is 5. The van der Waals surface area contributed by atoms with Crippen LogP contribution >= 0.6 is 27.3 Å². The van der Waals surface area contributed by atoms with Crippen molar-refractivity contribution in [1.82, 2.24) is 9.97 Å². The van der Waals surface area contributed by atoms with Gasteiger partial charge in [-0.2, -0.15) is 0 Å². The summed E-state index contributed by atoms with van der Waals surface area (Å²) in [6.07, 6.45) is 3.69. The van der Waals surface area contributed by atoms with Crippen LogP contribution in [0.3, 0.4) is 0 Å². The number of nitrogens with zero attached hydrogens (tertiary/aromatic N) is 3. The Kier molecular flexibility index (Phi) is 4.31. The number of likely N-dealkylation sites (N-methyl/N-ethyl adjacent to an activating group) is 1. The maximum Gasteiger partial charge on any atom is 0.225 e. The second-order valence-corrected chi connectivity index (χ2v) is 6.09. The highest BCUT2D eigenvalue weighted by atomic mass is 79.9. The minimum absolute atomic E-state index is 0.103. The Morgan fingerprint density at radius 1 is 1.44 bits per heavy atom. The average Bonchev–Trinajstić information content (AvgIpc) is 2.75. The summed E-state index contributed by atoms with van der Waals surface area (Å²) in [5.74, 6) is 0.701. The van der Waals surface area contributed by atoms with Gasteiger partial charge in [-0.25, -0.2) is 9.97 Å². The molecule has 2 aromatic rings. The number of halogens is 1. The summed E-state index contributed by atoms with van der Waals surface area (Å²) in [6.45, 7) is 2.71. The van der Waals surface area contributed by atoms with Crippen LogP contribution in [0.25, 0.3) is 10.4 Å². The highest BCUT2D eigenvalue weighted by Crippen LogP contribution is 2.29. The van der Waals surface area contributed by atoms with E-state index in [4.69, 9.17) is 5.73 Å². The maximum absolute atomic E-state index is 5.75. The molecule has 1 atom stereocenters. The molecule has 0 saturated carbocycles. The first-order valence-corrected chi connectivity index (χ1v) is 7.26. The Morgan fingerprint density at radius 2 is 2.11 bits per heavy atom. The van der Waals surface area contributed by atoms with Crippen molar-refractivity contribution >= 4 is 33.2 Å². The third-order valence-electron chi connectivity index (χ3n) is 2.39. The smallest absolute Gasteiger partial charge is 0.225 e. The van der Waals surface area contributed by atoms with E-state index in [1.165, 1.54) is 0 Å². The first kappa shape index (κ1) is 13.5. The molecule has 2 rings (SSSR count). The first-order valence-electron chi connectivity index (χ1n) is 5.59. The molecule has 0 aromatic carbocycles. The number of nitrogens with two attached hydrogens (primary N) is 1. The van der Waals surface area contributed by atoms with Crippen molar-refractivity contribution in [1.29, 1.82) is 0 Å². The van der Waals surface area contributed by atoms with Crippen molar-refractivity contribution in [2.24, 2.45) is 5.73 Å². The topological polar surface area (TPSA) is 55.0 Å². The second-order valence-electron chi connectivity index (χ2n) is 4.26. The Balaban J connectivity index is 2.15. The van der Waals surface area contributed by atoms with Crippen LogP contribution in [-0.4, -0.2) is 29.6 Å². The summed E-state index contributed by atoms with van der Waals surface area (Å²) >= 11 is 5.11. The molecule has 0 aliphatic rings. The van der Waals surface area contributed by atoms with Crippen molar-refractivity contribution in [3.8, 4) is 10.4 Å². The van der Waals surface area contributed by atoms with E-state index >= 15 is 0 Å². The van der Waals surface area contributed by atoms with Gasteiger partial charge in [0.15, 0.2) is 0 Å². The number of aromatic nitrogens is 2. The first-order chi connectivity index (χ1) is 8.56. The van der Waals surface area contributed by atoms with E-state index in [1.54, 1.807) is 11.3 Å². The lowest BCUT2D eigenvalue weighted by atomic mass is 10.3. The zero-order valence-corrected chi connectivity index (χ0v) is 12.7. The molecule has 0 amide bonds. The molecule has 0 aliphatic carbocycles. The van der Waals surface area contributed by atoms with Crippen LogP contribution in [0.4, 0.5) is 5.95 Å². The van der Waals surface area contributed by atoms with Crippen LogP contribution in [-0.2, 0) is 0 Å². The third-order valence-corrected chi connectivity index (χ3v) is 4.13. The lowest BCUT2D eigenvalue weighted by Crippen LogP contribution is -2.33. The monoisotopic (exact) mass is 326 g/mol. The van der Waals surface area contributed by atoms with Gasteiger partial charge in [-0.05, 0) is 28.9 Å². The van der Waals surface area contributed by atoms with E-state index in [9.17, 15) is 0 Å². The Labute approximate surface area is 119 Å². The minimum atomic E-state index is 0.103. The minimum Gasteiger partial charge on any atom is -0.342 e. The van der Waals surface area contributed by atoms with E-state index in [1.807, 2.05) is 36.6 Å². The molecule has 1 unspecified atom stereocenters. The summed E-state index contributed by atoms with van der Waals surface area (Å²) in [6, 6.07) is 2.17. The quantitative estimate of drug-likeness (QED) is 0.938. The van der Waals surface area contributed by atoms with E-state index < -0.39 is 0 Å². The molecule has 0 spiro atoms. The molecule has 2 N–H and O–H groups in total. The van der Waals surface area contributed by atoms with Gasteiger partial charge in [0.25, 0.3) is 0 Å². The molecule has 18 heavy (non-hydrogen) atoms. The number of hydrogen-bond donors (Lipinski definition) is 1. The predicted molar refractivity (Wildman–Crippen MR) is 80.0 cm³/mol. The highest BCUT2D eigenvalue weighted by molar-refractivity contribution is 9.10. The van der Waals surface area contributed by atoms with E-state index in [2.05, 4.69) is 32.0 Å². The van der Waals surface area contributed by atoms with Crippen molar-refractivity contribution in [2.45, 2.75) is 13.0 Å². The van der Waals surface area contributed by atoms with Crippen LogP contribution in [0, 0.1) is 0 Å². The number of anilines is 1. The Morgan fingerprint density at radius 3 is 2.61 bits per heavy atom. The van der Waals surface area contributed by atoms with Crippen LogP contribution in [0.5, 0.6) is 0 Å². The largest absolute Gasteiger partial charge is 0.342 e. The zero-order chi connectivity index (χ0) is 13.1. The highest BCUT2D eigenvalue weighted by Gasteiger charge is 2.08. The molecule has 2 heterocycles. The Hall–Kier alpha value is -0.980. The van der Waals surface area contributed by atoms with Gasteiger partial charge in [0.2, 0.25) is 5.95 Å². The van der Waals surface area contributed by atoms with Gasteiger partial charge in [0, 0.05) is 52.3 Å². The molecule has 0 fully saturated rings. The fourth-order valence-electron chi connectivity index (χ4n) is 1.62. The second kappa shape index (κ2) is 5.77. The molecular weight excluding hydrogens is 312 g/mol. The van der Waals surface area contributed by atoms with Gasteiger partial charge in [0.05, 0.1) is 0 Å². The summed E-state index contributed by atoms with van der Waals surface area (Å²) in [5.41, 5.74) is 6.78. The van der Waals surface area contributed by atoms with E-state index in [-0.39, 0.29) is 6.04 Å². The average molecular weight is 327 g/mol. The van der Waals surface area contributed by atoms with Gasteiger partial charge in [-0.1, -0.05) is 0 Å². The summed E-state index contributed by atoms with van der Waals surface area (Å²) < 4.78 is 1.08. The van der Waals surface area contributed by atoms with Crippen LogP contribution in [0.2, 0.25) is 0 Å². The molecule has 2 aromatic heterocycles. The lowest BCUT2D eigenvalue weighted by Gasteiger charge is -2.18. The maximum atomic E-state index is 5.75. The summed E-state index contributed by atoms with van der Waals surface area (Å²) in [4.78, 5) is 11.8. The van der Waals surface area contributed by atoms with Crippen molar-refractivity contribution in [3.63, 3.8) is 0 Å². The summed E-state index contributed by atoms with van der Waals surface area (Å²) in [5, 5.41) is 2.05. The summed E-state index contributed by atoms with van der Waals surface area (Å²) in [7, 11) is 1.94. The fraction of sp³-hybridized carbons (Fsp3) is 0.333. The van der Waals surface area contributed by atoms with Crippen molar-refractivity contribution in [2.75, 3.05) is 18.5 Å². The number of thiophene rings is 1. The van der Waals surface area contributed by atoms with E-state index in [0.29, 0.717) is 5.95 Å². The van der Waals surface area contributed by atoms with Crippen molar-refractivity contribution in [3.05, 3.63) is 28.3 Å². The fourth-order valence-corrected chi connectivity index (χ4v) is 3.03. The molecule has 0 radical (unpaired) electrons.